The minimum Gasteiger partial charge on any atom is -0.478 e. The highest BCUT2D eigenvalue weighted by Crippen LogP contribution is 2.39. The molecule has 1 aliphatic carbocycles. The number of aromatic carboxylic acids is 1. The van der Waals surface area contributed by atoms with Crippen LogP contribution in [0.4, 0.5) is 5.00 Å². The van der Waals surface area contributed by atoms with Crippen molar-refractivity contribution in [1.82, 2.24) is 0 Å². The fraction of sp³-hybridized carbons (Fsp3) is 0.455. The SMILES string of the molecule is COC(=O)CS(=O)(=O)Nc1sc2c(c1C(=O)O)CCC2. The molecule has 0 aliphatic heterocycles. The minimum absolute atomic E-state index is 0.00376. The number of carbonyl (C=O) groups excluding carboxylic acids is 1. The summed E-state index contributed by atoms with van der Waals surface area (Å²) in [6, 6.07) is 0. The highest BCUT2D eigenvalue weighted by atomic mass is 32.2. The van der Waals surface area contributed by atoms with Gasteiger partial charge in [-0.1, -0.05) is 0 Å². The molecule has 0 saturated carbocycles. The molecule has 7 nitrogen and oxygen atoms in total. The van der Waals surface area contributed by atoms with Crippen molar-refractivity contribution in [2.45, 2.75) is 19.3 Å². The molecule has 0 amide bonds. The lowest BCUT2D eigenvalue weighted by Crippen LogP contribution is -2.24. The molecule has 20 heavy (non-hydrogen) atoms. The number of hydrogen-bond donors (Lipinski definition) is 2. The Morgan fingerprint density at radius 2 is 2.10 bits per heavy atom. The van der Waals surface area contributed by atoms with Crippen molar-refractivity contribution in [3.05, 3.63) is 16.0 Å². The highest BCUT2D eigenvalue weighted by molar-refractivity contribution is 7.93. The largest absolute Gasteiger partial charge is 0.478 e. The summed E-state index contributed by atoms with van der Waals surface area (Å²) in [6.07, 6.45) is 2.25. The van der Waals surface area contributed by atoms with Crippen molar-refractivity contribution >= 4 is 38.3 Å². The first kappa shape index (κ1) is 14.8. The molecule has 110 valence electrons. The summed E-state index contributed by atoms with van der Waals surface area (Å²) in [4.78, 5) is 23.2. The number of methoxy groups -OCH3 is 1. The Balaban J connectivity index is 2.30. The van der Waals surface area contributed by atoms with Gasteiger partial charge in [0.05, 0.1) is 12.7 Å². The summed E-state index contributed by atoms with van der Waals surface area (Å²) in [7, 11) is -2.88. The van der Waals surface area contributed by atoms with E-state index in [1.54, 1.807) is 0 Å². The average molecular weight is 319 g/mol. The molecule has 0 fully saturated rings. The molecule has 0 radical (unpaired) electrons. The molecule has 2 N–H and O–H groups in total. The molecule has 1 aromatic heterocycles. The van der Waals surface area contributed by atoms with Gasteiger partial charge in [0.2, 0.25) is 10.0 Å². The van der Waals surface area contributed by atoms with Gasteiger partial charge in [-0.25, -0.2) is 13.2 Å². The van der Waals surface area contributed by atoms with E-state index in [4.69, 9.17) is 0 Å². The van der Waals surface area contributed by atoms with Crippen molar-refractivity contribution in [2.24, 2.45) is 0 Å². The number of rotatable bonds is 5. The number of esters is 1. The fourth-order valence-corrected chi connectivity index (χ4v) is 4.66. The summed E-state index contributed by atoms with van der Waals surface area (Å²) in [5.41, 5.74) is 0.689. The summed E-state index contributed by atoms with van der Waals surface area (Å²) >= 11 is 1.12. The van der Waals surface area contributed by atoms with Crippen LogP contribution in [0.2, 0.25) is 0 Å². The standard InChI is InChI=1S/C11H13NO6S2/c1-18-8(13)5-20(16,17)12-10-9(11(14)15)6-3-2-4-7(6)19-10/h12H,2-5H2,1H3,(H,14,15). The molecule has 0 atom stereocenters. The molecule has 1 aromatic rings. The number of thiophene rings is 1. The maximum absolute atomic E-state index is 11.8. The third kappa shape index (κ3) is 2.93. The number of carbonyl (C=O) groups is 2. The zero-order valence-electron chi connectivity index (χ0n) is 10.6. The Kier molecular flexibility index (Phi) is 4.00. The summed E-state index contributed by atoms with van der Waals surface area (Å²) in [5, 5.41) is 9.29. The van der Waals surface area contributed by atoms with E-state index in [0.717, 1.165) is 36.2 Å². The smallest absolute Gasteiger partial charge is 0.339 e. The van der Waals surface area contributed by atoms with E-state index < -0.39 is 27.7 Å². The van der Waals surface area contributed by atoms with Gasteiger partial charge in [0, 0.05) is 4.88 Å². The van der Waals surface area contributed by atoms with E-state index in [1.165, 1.54) is 0 Å². The number of aryl methyl sites for hydroxylation is 1. The van der Waals surface area contributed by atoms with Crippen LogP contribution in [0.5, 0.6) is 0 Å². The molecule has 2 rings (SSSR count). The van der Waals surface area contributed by atoms with Gasteiger partial charge in [0.1, 0.15) is 5.00 Å². The molecule has 0 saturated heterocycles. The Hall–Kier alpha value is -1.61. The average Bonchev–Trinajstić information content (AvgIpc) is 2.86. The topological polar surface area (TPSA) is 110 Å². The van der Waals surface area contributed by atoms with Gasteiger partial charge in [0.15, 0.2) is 5.75 Å². The Morgan fingerprint density at radius 1 is 1.40 bits per heavy atom. The van der Waals surface area contributed by atoms with Crippen LogP contribution in [-0.2, 0) is 32.4 Å². The van der Waals surface area contributed by atoms with Crippen LogP contribution < -0.4 is 4.72 Å². The van der Waals surface area contributed by atoms with E-state index in [2.05, 4.69) is 9.46 Å². The van der Waals surface area contributed by atoms with Crippen molar-refractivity contribution in [3.8, 4) is 0 Å². The second-order valence-corrected chi connectivity index (χ2v) is 7.13. The van der Waals surface area contributed by atoms with Crippen LogP contribution >= 0.6 is 11.3 Å². The lowest BCUT2D eigenvalue weighted by Gasteiger charge is -2.06. The summed E-state index contributed by atoms with van der Waals surface area (Å²) in [5.74, 6) is -2.91. The van der Waals surface area contributed by atoms with Gasteiger partial charge in [-0.3, -0.25) is 9.52 Å². The zero-order chi connectivity index (χ0) is 14.9. The minimum atomic E-state index is -3.97. The van der Waals surface area contributed by atoms with Crippen LogP contribution in [0.3, 0.4) is 0 Å². The predicted octanol–water partition coefficient (Wildman–Crippen LogP) is 0.850. The second kappa shape index (κ2) is 5.41. The van der Waals surface area contributed by atoms with Crippen molar-refractivity contribution < 1.29 is 27.9 Å². The Morgan fingerprint density at radius 3 is 2.70 bits per heavy atom. The third-order valence-corrected chi connectivity index (χ3v) is 5.39. The number of carboxylic acid groups (broad SMARTS) is 1. The highest BCUT2D eigenvalue weighted by Gasteiger charge is 2.29. The maximum atomic E-state index is 11.8. The first-order chi connectivity index (χ1) is 9.34. The molecule has 0 bridgehead atoms. The van der Waals surface area contributed by atoms with E-state index in [1.807, 2.05) is 0 Å². The van der Waals surface area contributed by atoms with Gasteiger partial charge in [0.25, 0.3) is 0 Å². The number of carboxylic acids is 1. The molecule has 0 aromatic carbocycles. The lowest BCUT2D eigenvalue weighted by molar-refractivity contribution is -0.137. The molecule has 0 unspecified atom stereocenters. The van der Waals surface area contributed by atoms with E-state index >= 15 is 0 Å². The summed E-state index contributed by atoms with van der Waals surface area (Å²) in [6.45, 7) is 0. The molecule has 9 heteroatoms. The van der Waals surface area contributed by atoms with Crippen molar-refractivity contribution in [2.75, 3.05) is 17.6 Å². The van der Waals surface area contributed by atoms with E-state index in [9.17, 15) is 23.1 Å². The van der Waals surface area contributed by atoms with Crippen molar-refractivity contribution in [1.29, 1.82) is 0 Å². The molecule has 0 spiro atoms. The van der Waals surface area contributed by atoms with Crippen LogP contribution in [0.25, 0.3) is 0 Å². The number of anilines is 1. The van der Waals surface area contributed by atoms with Crippen molar-refractivity contribution in [3.63, 3.8) is 0 Å². The quantitative estimate of drug-likeness (QED) is 0.779. The van der Waals surface area contributed by atoms with Gasteiger partial charge >= 0.3 is 11.9 Å². The summed E-state index contributed by atoms with van der Waals surface area (Å²) < 4.78 is 30.0. The number of nitrogens with one attached hydrogen (secondary N) is 1. The number of fused-ring (bicyclic) bond motifs is 1. The van der Waals surface area contributed by atoms with Gasteiger partial charge in [-0.05, 0) is 24.8 Å². The fourth-order valence-electron chi connectivity index (χ4n) is 2.09. The number of hydrogen-bond acceptors (Lipinski definition) is 6. The maximum Gasteiger partial charge on any atom is 0.339 e. The van der Waals surface area contributed by atoms with Crippen LogP contribution in [0.15, 0.2) is 0 Å². The molecule has 1 aliphatic rings. The Bertz CT molecular complexity index is 661. The van der Waals surface area contributed by atoms with Crippen LogP contribution in [-0.4, -0.2) is 38.3 Å². The first-order valence-electron chi connectivity index (χ1n) is 5.79. The predicted molar refractivity (Wildman–Crippen MR) is 72.7 cm³/mol. The second-order valence-electron chi connectivity index (χ2n) is 4.30. The monoisotopic (exact) mass is 319 g/mol. The number of sulfonamides is 1. The molecule has 1 heterocycles. The van der Waals surface area contributed by atoms with E-state index in [-0.39, 0.29) is 10.6 Å². The van der Waals surface area contributed by atoms with Gasteiger partial charge < -0.3 is 9.84 Å². The lowest BCUT2D eigenvalue weighted by atomic mass is 10.1. The number of ether oxygens (including phenoxy) is 1. The normalized spacial score (nSPS) is 13.8. The third-order valence-electron chi connectivity index (χ3n) is 2.92. The first-order valence-corrected chi connectivity index (χ1v) is 8.26. The van der Waals surface area contributed by atoms with E-state index in [0.29, 0.717) is 12.0 Å². The van der Waals surface area contributed by atoms with Crippen LogP contribution in [0, 0.1) is 0 Å². The zero-order valence-corrected chi connectivity index (χ0v) is 12.3. The molecular weight excluding hydrogens is 306 g/mol. The van der Waals surface area contributed by atoms with Crippen LogP contribution in [0.1, 0.15) is 27.2 Å². The molecular formula is C11H13NO6S2. The van der Waals surface area contributed by atoms with Gasteiger partial charge in [-0.15, -0.1) is 11.3 Å². The van der Waals surface area contributed by atoms with Gasteiger partial charge in [-0.2, -0.15) is 0 Å². The Labute approximate surface area is 119 Å².